The van der Waals surface area contributed by atoms with Crippen molar-refractivity contribution in [3.63, 3.8) is 0 Å². The fourth-order valence-electron chi connectivity index (χ4n) is 5.30. The summed E-state index contributed by atoms with van der Waals surface area (Å²) in [5.41, 5.74) is 11.9. The van der Waals surface area contributed by atoms with Crippen LogP contribution in [0.3, 0.4) is 0 Å². The number of halogens is 1. The number of aryl methyl sites for hydroxylation is 2. The molecule has 0 aliphatic carbocycles. The van der Waals surface area contributed by atoms with Crippen LogP contribution in [0.25, 0.3) is 10.9 Å². The normalized spacial score (nSPS) is 15.7. The maximum atomic E-state index is 13.5. The fraction of sp³-hybridized carbons (Fsp3) is 0.345. The number of benzene rings is 1. The number of anilines is 1. The molecule has 5 rings (SSSR count). The summed E-state index contributed by atoms with van der Waals surface area (Å²) in [6, 6.07) is 16.5. The molecule has 2 N–H and O–H groups in total. The molecule has 0 bridgehead atoms. The van der Waals surface area contributed by atoms with Crippen molar-refractivity contribution >= 4 is 29.0 Å². The predicted octanol–water partition coefficient (Wildman–Crippen LogP) is 4.19. The van der Waals surface area contributed by atoms with Crippen molar-refractivity contribution in [2.75, 3.05) is 18.0 Å². The van der Waals surface area contributed by atoms with Gasteiger partial charge >= 0.3 is 0 Å². The predicted molar refractivity (Wildman–Crippen MR) is 152 cm³/mol. The molecule has 0 radical (unpaired) electrons. The first-order chi connectivity index (χ1) is 17.5. The minimum Gasteiger partial charge on any atom is -0.369 e. The Hall–Kier alpha value is -3.26. The summed E-state index contributed by atoms with van der Waals surface area (Å²) in [5.74, 6) is 0. The van der Waals surface area contributed by atoms with Crippen LogP contribution in [0, 0.1) is 6.92 Å². The minimum atomic E-state index is 0. The Morgan fingerprint density at radius 1 is 1.11 bits per heavy atom. The maximum absolute atomic E-state index is 13.5. The number of piperidine rings is 1. The van der Waals surface area contributed by atoms with Gasteiger partial charge in [-0.05, 0) is 61.7 Å². The summed E-state index contributed by atoms with van der Waals surface area (Å²) in [6.45, 7) is 5.72. The van der Waals surface area contributed by atoms with Gasteiger partial charge < -0.3 is 15.2 Å². The van der Waals surface area contributed by atoms with E-state index in [1.807, 2.05) is 62.9 Å². The lowest BCUT2D eigenvalue weighted by molar-refractivity contribution is 0.158. The van der Waals surface area contributed by atoms with Crippen LogP contribution in [-0.4, -0.2) is 38.6 Å². The van der Waals surface area contributed by atoms with Crippen LogP contribution >= 0.6 is 12.4 Å². The van der Waals surface area contributed by atoms with E-state index in [9.17, 15) is 4.79 Å². The van der Waals surface area contributed by atoms with Crippen LogP contribution in [0.5, 0.6) is 0 Å². The number of hydrogen-bond donors (Lipinski definition) is 1. The lowest BCUT2D eigenvalue weighted by Crippen LogP contribution is -2.48. The molecule has 1 aliphatic rings. The Kier molecular flexibility index (Phi) is 8.59. The molecule has 37 heavy (non-hydrogen) atoms. The molecule has 4 aromatic rings. The van der Waals surface area contributed by atoms with E-state index in [1.54, 1.807) is 0 Å². The van der Waals surface area contributed by atoms with Crippen molar-refractivity contribution in [1.82, 2.24) is 19.4 Å². The van der Waals surface area contributed by atoms with Crippen LogP contribution in [0.15, 0.2) is 71.9 Å². The second-order valence-electron chi connectivity index (χ2n) is 9.78. The van der Waals surface area contributed by atoms with Crippen LogP contribution in [-0.2, 0) is 26.7 Å². The number of hydrogen-bond acceptors (Lipinski definition) is 6. The van der Waals surface area contributed by atoms with E-state index in [-0.39, 0.29) is 17.8 Å². The van der Waals surface area contributed by atoms with Crippen molar-refractivity contribution in [2.45, 2.75) is 45.4 Å². The van der Waals surface area contributed by atoms with Crippen molar-refractivity contribution in [1.29, 1.82) is 0 Å². The van der Waals surface area contributed by atoms with Crippen LogP contribution < -0.4 is 16.1 Å². The van der Waals surface area contributed by atoms with Crippen LogP contribution in [0.2, 0.25) is 0 Å². The monoisotopic (exact) mass is 518 g/mol. The van der Waals surface area contributed by atoms with Crippen molar-refractivity contribution in [3.8, 4) is 0 Å². The lowest BCUT2D eigenvalue weighted by Gasteiger charge is -2.40. The number of nitrogens with two attached hydrogens (primary N) is 1. The molecule has 1 aromatic carbocycles. The standard InChI is InChI=1S/C29H34N6O.ClH/c1-21-14-22(11-12-31-21)17-35(19-23-18-33(2)28-8-4-3-7-27(28)29(23)36)26-6-5-13-34(20-26)25-10-9-24(15-30)32-16-25;/h3-4,7-12,14,16,18,26H,5-6,13,15,17,19-20,30H2,1-2H3;1H/t26-;/m0./s1. The Labute approximate surface area is 224 Å². The molecule has 1 saturated heterocycles. The molecule has 0 amide bonds. The summed E-state index contributed by atoms with van der Waals surface area (Å²) in [6.07, 6.45) is 7.98. The third-order valence-corrected chi connectivity index (χ3v) is 7.19. The van der Waals surface area contributed by atoms with E-state index in [4.69, 9.17) is 5.73 Å². The summed E-state index contributed by atoms with van der Waals surface area (Å²) < 4.78 is 2.07. The number of para-hydroxylation sites is 1. The SMILES string of the molecule is Cc1cc(CN(Cc2cn(C)c3ccccc3c2=O)[C@H]2CCCN(c3ccc(CN)nc3)C2)ccn1.Cl. The van der Waals surface area contributed by atoms with Crippen molar-refractivity contribution in [3.05, 3.63) is 99.9 Å². The van der Waals surface area contributed by atoms with Gasteiger partial charge in [-0.2, -0.15) is 0 Å². The topological polar surface area (TPSA) is 80.3 Å². The highest BCUT2D eigenvalue weighted by atomic mass is 35.5. The van der Waals surface area contributed by atoms with E-state index in [0.29, 0.717) is 19.1 Å². The first kappa shape index (κ1) is 26.8. The number of rotatable bonds is 7. The molecule has 1 atom stereocenters. The van der Waals surface area contributed by atoms with E-state index in [2.05, 4.69) is 42.5 Å². The van der Waals surface area contributed by atoms with E-state index in [0.717, 1.165) is 66.0 Å². The molecule has 7 nitrogen and oxygen atoms in total. The van der Waals surface area contributed by atoms with Crippen molar-refractivity contribution in [2.24, 2.45) is 12.8 Å². The maximum Gasteiger partial charge on any atom is 0.193 e. The fourth-order valence-corrected chi connectivity index (χ4v) is 5.30. The molecule has 3 aromatic heterocycles. The van der Waals surface area contributed by atoms with E-state index in [1.165, 1.54) is 5.56 Å². The van der Waals surface area contributed by atoms with Crippen LogP contribution in [0.1, 0.15) is 35.4 Å². The zero-order valence-corrected chi connectivity index (χ0v) is 22.3. The lowest BCUT2D eigenvalue weighted by atomic mass is 10.0. The number of pyridine rings is 3. The van der Waals surface area contributed by atoms with E-state index < -0.39 is 0 Å². The Balaban J connectivity index is 0.00000320. The molecular weight excluding hydrogens is 484 g/mol. The van der Waals surface area contributed by atoms with E-state index >= 15 is 0 Å². The minimum absolute atomic E-state index is 0. The molecule has 0 spiro atoms. The molecule has 1 fully saturated rings. The Bertz CT molecular complexity index is 1400. The molecule has 0 unspecified atom stereocenters. The second kappa shape index (κ2) is 11.9. The molecule has 4 heterocycles. The quantitative estimate of drug-likeness (QED) is 0.395. The van der Waals surface area contributed by atoms with Crippen LogP contribution in [0.4, 0.5) is 5.69 Å². The van der Waals surface area contributed by atoms with Gasteiger partial charge in [-0.3, -0.25) is 19.7 Å². The average molecular weight is 519 g/mol. The molecule has 0 saturated carbocycles. The number of nitrogens with zero attached hydrogens (tertiary/aromatic N) is 5. The van der Waals surface area contributed by atoms with Gasteiger partial charge in [0.25, 0.3) is 0 Å². The zero-order chi connectivity index (χ0) is 25.1. The molecule has 8 heteroatoms. The van der Waals surface area contributed by atoms with Gasteiger partial charge in [0, 0.05) is 74.9 Å². The third kappa shape index (κ3) is 6.01. The summed E-state index contributed by atoms with van der Waals surface area (Å²) in [7, 11) is 2.02. The highest BCUT2D eigenvalue weighted by molar-refractivity contribution is 5.85. The Morgan fingerprint density at radius 3 is 2.70 bits per heavy atom. The van der Waals surface area contributed by atoms with Gasteiger partial charge in [0.2, 0.25) is 0 Å². The largest absolute Gasteiger partial charge is 0.369 e. The smallest absolute Gasteiger partial charge is 0.193 e. The first-order valence-corrected chi connectivity index (χ1v) is 12.6. The van der Waals surface area contributed by atoms with Gasteiger partial charge in [-0.1, -0.05) is 12.1 Å². The van der Waals surface area contributed by atoms with Crippen molar-refractivity contribution < 1.29 is 0 Å². The van der Waals surface area contributed by atoms with Gasteiger partial charge in [-0.15, -0.1) is 12.4 Å². The summed E-state index contributed by atoms with van der Waals surface area (Å²) in [5, 5.41) is 0.772. The number of fused-ring (bicyclic) bond motifs is 1. The van der Waals surface area contributed by atoms with Gasteiger partial charge in [-0.25, -0.2) is 0 Å². The van der Waals surface area contributed by atoms with Gasteiger partial charge in [0.1, 0.15) is 0 Å². The zero-order valence-electron chi connectivity index (χ0n) is 21.5. The highest BCUT2D eigenvalue weighted by Gasteiger charge is 2.27. The summed E-state index contributed by atoms with van der Waals surface area (Å²) in [4.78, 5) is 27.2. The highest BCUT2D eigenvalue weighted by Crippen LogP contribution is 2.25. The van der Waals surface area contributed by atoms with Gasteiger partial charge in [0.15, 0.2) is 5.43 Å². The third-order valence-electron chi connectivity index (χ3n) is 7.19. The molecular formula is C29H35ClN6O. The number of aromatic nitrogens is 3. The molecule has 1 aliphatic heterocycles. The second-order valence-corrected chi connectivity index (χ2v) is 9.78. The Morgan fingerprint density at radius 2 is 1.95 bits per heavy atom. The average Bonchev–Trinajstić information content (AvgIpc) is 2.91. The summed E-state index contributed by atoms with van der Waals surface area (Å²) >= 11 is 0. The first-order valence-electron chi connectivity index (χ1n) is 12.6. The van der Waals surface area contributed by atoms with Gasteiger partial charge in [0.05, 0.1) is 23.1 Å². The molecule has 194 valence electrons.